The standard InChI is InChI=1S/C9H17Cl/c1-3-7-5-8(4-2)9(10)6-7/h7-9H,3-6H2,1-2H3. The minimum atomic E-state index is 0.481. The van der Waals surface area contributed by atoms with Crippen molar-refractivity contribution in [3.05, 3.63) is 0 Å². The van der Waals surface area contributed by atoms with Crippen molar-refractivity contribution in [2.45, 2.75) is 44.9 Å². The molecule has 0 aliphatic heterocycles. The molecule has 60 valence electrons. The van der Waals surface area contributed by atoms with E-state index < -0.39 is 0 Å². The van der Waals surface area contributed by atoms with E-state index in [1.807, 2.05) is 0 Å². The van der Waals surface area contributed by atoms with Gasteiger partial charge in [0.2, 0.25) is 0 Å². The Hall–Kier alpha value is 0.290. The zero-order valence-electron chi connectivity index (χ0n) is 6.94. The predicted octanol–water partition coefficient (Wildman–Crippen LogP) is 3.44. The van der Waals surface area contributed by atoms with Crippen LogP contribution in [-0.4, -0.2) is 5.38 Å². The summed E-state index contributed by atoms with van der Waals surface area (Å²) in [4.78, 5) is 0. The molecule has 1 rings (SSSR count). The van der Waals surface area contributed by atoms with E-state index in [9.17, 15) is 0 Å². The van der Waals surface area contributed by atoms with E-state index in [-0.39, 0.29) is 0 Å². The maximum Gasteiger partial charge on any atom is 0.0366 e. The number of alkyl halides is 1. The average molecular weight is 161 g/mol. The molecule has 0 aromatic carbocycles. The highest BCUT2D eigenvalue weighted by Crippen LogP contribution is 2.38. The summed E-state index contributed by atoms with van der Waals surface area (Å²) >= 11 is 6.15. The van der Waals surface area contributed by atoms with Crippen LogP contribution in [0.1, 0.15) is 39.5 Å². The fourth-order valence-corrected chi connectivity index (χ4v) is 2.47. The van der Waals surface area contributed by atoms with Crippen molar-refractivity contribution in [1.82, 2.24) is 0 Å². The Morgan fingerprint density at radius 3 is 2.20 bits per heavy atom. The van der Waals surface area contributed by atoms with Crippen LogP contribution in [0.4, 0.5) is 0 Å². The maximum atomic E-state index is 6.15. The first-order chi connectivity index (χ1) is 4.77. The monoisotopic (exact) mass is 160 g/mol. The minimum Gasteiger partial charge on any atom is -0.123 e. The topological polar surface area (TPSA) is 0 Å². The Bertz CT molecular complexity index is 101. The van der Waals surface area contributed by atoms with Gasteiger partial charge in [-0.05, 0) is 24.7 Å². The smallest absolute Gasteiger partial charge is 0.0366 e. The van der Waals surface area contributed by atoms with Crippen LogP contribution >= 0.6 is 11.6 Å². The lowest BCUT2D eigenvalue weighted by Crippen LogP contribution is -2.03. The molecule has 3 unspecified atom stereocenters. The zero-order valence-corrected chi connectivity index (χ0v) is 7.69. The first-order valence-corrected chi connectivity index (χ1v) is 4.85. The van der Waals surface area contributed by atoms with Crippen LogP contribution in [0, 0.1) is 11.8 Å². The molecule has 10 heavy (non-hydrogen) atoms. The van der Waals surface area contributed by atoms with E-state index in [1.54, 1.807) is 0 Å². The van der Waals surface area contributed by atoms with E-state index in [1.165, 1.54) is 25.7 Å². The highest BCUT2D eigenvalue weighted by Gasteiger charge is 2.30. The molecule has 1 heteroatoms. The number of hydrogen-bond acceptors (Lipinski definition) is 0. The van der Waals surface area contributed by atoms with Gasteiger partial charge in [-0.15, -0.1) is 11.6 Å². The first-order valence-electron chi connectivity index (χ1n) is 4.42. The molecule has 0 radical (unpaired) electrons. The lowest BCUT2D eigenvalue weighted by Gasteiger charge is -2.08. The van der Waals surface area contributed by atoms with Gasteiger partial charge in [-0.3, -0.25) is 0 Å². The third-order valence-corrected chi connectivity index (χ3v) is 3.34. The lowest BCUT2D eigenvalue weighted by molar-refractivity contribution is 0.472. The molecule has 1 aliphatic rings. The van der Waals surface area contributed by atoms with Gasteiger partial charge in [-0.2, -0.15) is 0 Å². The summed E-state index contributed by atoms with van der Waals surface area (Å²) in [5.74, 6) is 1.74. The predicted molar refractivity (Wildman–Crippen MR) is 46.4 cm³/mol. The van der Waals surface area contributed by atoms with Gasteiger partial charge in [0.15, 0.2) is 0 Å². The van der Waals surface area contributed by atoms with Gasteiger partial charge in [0.25, 0.3) is 0 Å². The van der Waals surface area contributed by atoms with Gasteiger partial charge in [0.05, 0.1) is 0 Å². The van der Waals surface area contributed by atoms with Gasteiger partial charge in [-0.1, -0.05) is 26.7 Å². The van der Waals surface area contributed by atoms with E-state index >= 15 is 0 Å². The molecule has 1 aliphatic carbocycles. The van der Waals surface area contributed by atoms with Crippen molar-refractivity contribution < 1.29 is 0 Å². The summed E-state index contributed by atoms with van der Waals surface area (Å²) in [7, 11) is 0. The molecule has 0 aromatic heterocycles. The van der Waals surface area contributed by atoms with Crippen molar-refractivity contribution in [1.29, 1.82) is 0 Å². The van der Waals surface area contributed by atoms with E-state index in [4.69, 9.17) is 11.6 Å². The SMILES string of the molecule is CCC1CC(Cl)C(CC)C1. The molecular formula is C9H17Cl. The van der Waals surface area contributed by atoms with E-state index in [2.05, 4.69) is 13.8 Å². The molecule has 0 saturated heterocycles. The third-order valence-electron chi connectivity index (χ3n) is 2.81. The normalized spacial score (nSPS) is 40.5. The Labute approximate surface area is 69.0 Å². The Morgan fingerprint density at radius 1 is 1.20 bits per heavy atom. The molecule has 0 nitrogen and oxygen atoms in total. The summed E-state index contributed by atoms with van der Waals surface area (Å²) in [5, 5.41) is 0.481. The van der Waals surface area contributed by atoms with Crippen LogP contribution in [0.5, 0.6) is 0 Å². The van der Waals surface area contributed by atoms with Gasteiger partial charge in [0, 0.05) is 5.38 Å². The molecule has 1 saturated carbocycles. The van der Waals surface area contributed by atoms with Gasteiger partial charge in [0.1, 0.15) is 0 Å². The van der Waals surface area contributed by atoms with Crippen LogP contribution in [-0.2, 0) is 0 Å². The molecule has 0 N–H and O–H groups in total. The molecule has 0 aromatic rings. The Balaban J connectivity index is 2.36. The summed E-state index contributed by atoms with van der Waals surface area (Å²) in [6, 6.07) is 0. The summed E-state index contributed by atoms with van der Waals surface area (Å²) < 4.78 is 0. The van der Waals surface area contributed by atoms with Crippen molar-refractivity contribution in [2.75, 3.05) is 0 Å². The summed E-state index contributed by atoms with van der Waals surface area (Å²) in [5.41, 5.74) is 0. The molecule has 0 heterocycles. The Kier molecular flexibility index (Phi) is 3.03. The minimum absolute atomic E-state index is 0.481. The number of hydrogen-bond donors (Lipinski definition) is 0. The third kappa shape index (κ3) is 1.66. The molecule has 0 bridgehead atoms. The van der Waals surface area contributed by atoms with Crippen molar-refractivity contribution in [3.8, 4) is 0 Å². The quantitative estimate of drug-likeness (QED) is 0.543. The average Bonchev–Trinajstić information content (AvgIpc) is 2.30. The zero-order chi connectivity index (χ0) is 7.56. The number of rotatable bonds is 2. The van der Waals surface area contributed by atoms with Crippen molar-refractivity contribution >= 4 is 11.6 Å². The van der Waals surface area contributed by atoms with Crippen LogP contribution < -0.4 is 0 Å². The van der Waals surface area contributed by atoms with Crippen LogP contribution in [0.15, 0.2) is 0 Å². The first kappa shape index (κ1) is 8.39. The van der Waals surface area contributed by atoms with Crippen molar-refractivity contribution in [2.24, 2.45) is 11.8 Å². The molecule has 3 atom stereocenters. The second-order valence-corrected chi connectivity index (χ2v) is 3.99. The fraction of sp³-hybridized carbons (Fsp3) is 1.00. The molecule has 1 fully saturated rings. The molecular weight excluding hydrogens is 144 g/mol. The summed E-state index contributed by atoms with van der Waals surface area (Å²) in [6.45, 7) is 4.52. The number of halogens is 1. The summed E-state index contributed by atoms with van der Waals surface area (Å²) in [6.07, 6.45) is 5.22. The van der Waals surface area contributed by atoms with Gasteiger partial charge >= 0.3 is 0 Å². The van der Waals surface area contributed by atoms with Gasteiger partial charge < -0.3 is 0 Å². The largest absolute Gasteiger partial charge is 0.123 e. The Morgan fingerprint density at radius 2 is 1.90 bits per heavy atom. The second-order valence-electron chi connectivity index (χ2n) is 3.43. The second kappa shape index (κ2) is 3.61. The van der Waals surface area contributed by atoms with Crippen molar-refractivity contribution in [3.63, 3.8) is 0 Å². The fourth-order valence-electron chi connectivity index (χ4n) is 1.94. The molecule has 0 amide bonds. The van der Waals surface area contributed by atoms with Crippen LogP contribution in [0.25, 0.3) is 0 Å². The van der Waals surface area contributed by atoms with Crippen LogP contribution in [0.2, 0.25) is 0 Å². The van der Waals surface area contributed by atoms with E-state index in [0.717, 1.165) is 11.8 Å². The molecule has 0 spiro atoms. The van der Waals surface area contributed by atoms with Gasteiger partial charge in [-0.25, -0.2) is 0 Å². The maximum absolute atomic E-state index is 6.15. The highest BCUT2D eigenvalue weighted by molar-refractivity contribution is 6.20. The van der Waals surface area contributed by atoms with E-state index in [0.29, 0.717) is 5.38 Å². The lowest BCUT2D eigenvalue weighted by atomic mass is 10.0. The highest BCUT2D eigenvalue weighted by atomic mass is 35.5. The van der Waals surface area contributed by atoms with Crippen LogP contribution in [0.3, 0.4) is 0 Å².